The zero-order chi connectivity index (χ0) is 29.3. The van der Waals surface area contributed by atoms with E-state index in [0.29, 0.717) is 33.6 Å². The molecule has 14 heteroatoms. The van der Waals surface area contributed by atoms with Gasteiger partial charge in [-0.25, -0.2) is 19.9 Å². The van der Waals surface area contributed by atoms with Crippen LogP contribution in [0.5, 0.6) is 11.6 Å². The first-order valence-corrected chi connectivity index (χ1v) is 14.0. The number of benzene rings is 1. The third-order valence-electron chi connectivity index (χ3n) is 6.67. The van der Waals surface area contributed by atoms with E-state index in [1.165, 1.54) is 30.7 Å². The third kappa shape index (κ3) is 6.90. The van der Waals surface area contributed by atoms with Gasteiger partial charge in [-0.2, -0.15) is 13.2 Å². The lowest BCUT2D eigenvalue weighted by molar-refractivity contribution is -0.141. The summed E-state index contributed by atoms with van der Waals surface area (Å²) in [4.78, 5) is 32.7. The molecule has 5 rings (SSSR count). The Labute approximate surface area is 251 Å². The summed E-state index contributed by atoms with van der Waals surface area (Å²) >= 11 is 1.31. The number of carbonyl (C=O) groups excluding carboxylic acids is 1. The molecule has 3 aromatic heterocycles. The number of hydrogen-bond donors (Lipinski definition) is 1. The van der Waals surface area contributed by atoms with Gasteiger partial charge in [-0.15, -0.1) is 12.4 Å². The first-order valence-electron chi connectivity index (χ1n) is 13.2. The summed E-state index contributed by atoms with van der Waals surface area (Å²) in [6.07, 6.45) is -1.62. The molecule has 4 aromatic rings. The molecule has 1 fully saturated rings. The first kappa shape index (κ1) is 31.4. The van der Waals surface area contributed by atoms with Gasteiger partial charge in [0.05, 0.1) is 16.6 Å². The van der Waals surface area contributed by atoms with E-state index in [2.05, 4.69) is 44.0 Å². The van der Waals surface area contributed by atoms with Crippen molar-refractivity contribution < 1.29 is 22.7 Å². The van der Waals surface area contributed by atoms with Gasteiger partial charge in [0.1, 0.15) is 23.4 Å². The van der Waals surface area contributed by atoms with Crippen molar-refractivity contribution in [3.63, 3.8) is 0 Å². The van der Waals surface area contributed by atoms with Crippen LogP contribution in [0.1, 0.15) is 39.3 Å². The van der Waals surface area contributed by atoms with E-state index >= 15 is 0 Å². The van der Waals surface area contributed by atoms with Crippen molar-refractivity contribution in [1.29, 1.82) is 0 Å². The van der Waals surface area contributed by atoms with Crippen LogP contribution in [0.4, 0.5) is 24.1 Å². The molecule has 1 amide bonds. The summed E-state index contributed by atoms with van der Waals surface area (Å²) in [6, 6.07) is 9.32. The molecule has 42 heavy (non-hydrogen) atoms. The number of fused-ring (bicyclic) bond motifs is 1. The van der Waals surface area contributed by atoms with Gasteiger partial charge in [0.15, 0.2) is 10.9 Å². The van der Waals surface area contributed by atoms with Crippen LogP contribution < -0.4 is 15.0 Å². The molecule has 1 saturated heterocycles. The quantitative estimate of drug-likeness (QED) is 0.228. The molecular weight excluding hydrogens is 591 g/mol. The molecule has 0 saturated carbocycles. The summed E-state index contributed by atoms with van der Waals surface area (Å²) in [5.41, 5.74) is 0.386. The predicted octanol–water partition coefficient (Wildman–Crippen LogP) is 6.85. The number of hydrogen-bond acceptors (Lipinski definition) is 9. The van der Waals surface area contributed by atoms with Gasteiger partial charge in [0.2, 0.25) is 11.8 Å². The maximum Gasteiger partial charge on any atom is 0.433 e. The van der Waals surface area contributed by atoms with Gasteiger partial charge >= 0.3 is 6.18 Å². The number of halogens is 4. The van der Waals surface area contributed by atoms with Gasteiger partial charge < -0.3 is 15.0 Å². The van der Waals surface area contributed by atoms with Crippen LogP contribution in [0.3, 0.4) is 0 Å². The fourth-order valence-corrected chi connectivity index (χ4v) is 5.94. The molecule has 0 unspecified atom stereocenters. The molecule has 224 valence electrons. The van der Waals surface area contributed by atoms with Gasteiger partial charge in [0, 0.05) is 38.7 Å². The number of thiazole rings is 1. The largest absolute Gasteiger partial charge is 0.437 e. The zero-order valence-electron chi connectivity index (χ0n) is 23.5. The SMILES string of the molecule is CC(=O)Nc1nc2c(Oc3cc(-c4ccc(C(F)(F)F)nc4N(C)[C@@H]4CCCN4CC(C)C)ncn3)cccc2s1.Cl. The number of carbonyl (C=O) groups is 1. The van der Waals surface area contributed by atoms with E-state index in [4.69, 9.17) is 4.74 Å². The second-order valence-electron chi connectivity index (χ2n) is 10.3. The smallest absolute Gasteiger partial charge is 0.433 e. The highest BCUT2D eigenvalue weighted by atomic mass is 35.5. The lowest BCUT2D eigenvalue weighted by Crippen LogP contribution is -2.44. The molecule has 1 aromatic carbocycles. The minimum absolute atomic E-state index is 0. The Balaban J connectivity index is 0.00000405. The van der Waals surface area contributed by atoms with Crippen LogP contribution in [-0.2, 0) is 11.0 Å². The van der Waals surface area contributed by atoms with Crippen molar-refractivity contribution in [2.45, 2.75) is 46.0 Å². The molecule has 1 atom stereocenters. The van der Waals surface area contributed by atoms with Crippen molar-refractivity contribution in [2.24, 2.45) is 5.92 Å². The lowest BCUT2D eigenvalue weighted by Gasteiger charge is -2.35. The summed E-state index contributed by atoms with van der Waals surface area (Å²) in [5.74, 6) is 0.969. The lowest BCUT2D eigenvalue weighted by atomic mass is 10.1. The Hall–Kier alpha value is -3.55. The van der Waals surface area contributed by atoms with Crippen molar-refractivity contribution in [2.75, 3.05) is 30.4 Å². The van der Waals surface area contributed by atoms with Crippen LogP contribution in [0.2, 0.25) is 0 Å². The minimum Gasteiger partial charge on any atom is -0.437 e. The highest BCUT2D eigenvalue weighted by Gasteiger charge is 2.36. The number of amides is 1. The second kappa shape index (κ2) is 12.8. The van der Waals surface area contributed by atoms with Crippen molar-refractivity contribution in [1.82, 2.24) is 24.8 Å². The zero-order valence-corrected chi connectivity index (χ0v) is 25.1. The van der Waals surface area contributed by atoms with E-state index in [1.807, 2.05) is 11.0 Å². The van der Waals surface area contributed by atoms with Gasteiger partial charge in [-0.1, -0.05) is 31.3 Å². The Bertz CT molecular complexity index is 1570. The fourth-order valence-electron chi connectivity index (χ4n) is 5.01. The number of alkyl halides is 3. The van der Waals surface area contributed by atoms with Gasteiger partial charge in [-0.05, 0) is 43.0 Å². The minimum atomic E-state index is -4.59. The van der Waals surface area contributed by atoms with Crippen LogP contribution in [0.15, 0.2) is 42.7 Å². The molecule has 0 spiro atoms. The van der Waals surface area contributed by atoms with E-state index in [1.54, 1.807) is 25.2 Å². The Morgan fingerprint density at radius 2 is 2.00 bits per heavy atom. The monoisotopic (exact) mass is 621 g/mol. The normalized spacial score (nSPS) is 15.6. The average Bonchev–Trinajstić information content (AvgIpc) is 3.54. The maximum atomic E-state index is 13.7. The van der Waals surface area contributed by atoms with Crippen LogP contribution in [0.25, 0.3) is 21.5 Å². The summed E-state index contributed by atoms with van der Waals surface area (Å²) < 4.78 is 48.1. The summed E-state index contributed by atoms with van der Waals surface area (Å²) in [6.45, 7) is 7.36. The van der Waals surface area contributed by atoms with Crippen LogP contribution in [-0.4, -0.2) is 57.0 Å². The van der Waals surface area contributed by atoms with Crippen LogP contribution >= 0.6 is 23.7 Å². The number of ether oxygens (including phenoxy) is 1. The molecule has 0 aliphatic carbocycles. The second-order valence-corrected chi connectivity index (χ2v) is 11.4. The average molecular weight is 622 g/mol. The topological polar surface area (TPSA) is 96.4 Å². The molecule has 9 nitrogen and oxygen atoms in total. The number of aromatic nitrogens is 4. The van der Waals surface area contributed by atoms with Crippen molar-refractivity contribution >= 4 is 50.8 Å². The highest BCUT2D eigenvalue weighted by molar-refractivity contribution is 7.22. The number of para-hydroxylation sites is 1. The molecule has 0 bridgehead atoms. The van der Waals surface area contributed by atoms with E-state index < -0.39 is 11.9 Å². The Kier molecular flexibility index (Phi) is 9.53. The molecule has 0 radical (unpaired) electrons. The molecular formula is C28H31ClF3N7O2S. The predicted molar refractivity (Wildman–Crippen MR) is 159 cm³/mol. The van der Waals surface area contributed by atoms with Crippen molar-refractivity contribution in [3.8, 4) is 22.9 Å². The van der Waals surface area contributed by atoms with Crippen molar-refractivity contribution in [3.05, 3.63) is 48.4 Å². The van der Waals surface area contributed by atoms with Gasteiger partial charge in [-0.3, -0.25) is 9.69 Å². The number of nitrogens with one attached hydrogen (secondary N) is 1. The first-order chi connectivity index (χ1) is 19.5. The Morgan fingerprint density at radius 3 is 2.71 bits per heavy atom. The highest BCUT2D eigenvalue weighted by Crippen LogP contribution is 2.38. The fraction of sp³-hybridized carbons (Fsp3) is 0.393. The number of pyridine rings is 1. The standard InChI is InChI=1S/C28H30F3N7O2S.ClH/c1-16(2)14-38-12-6-9-24(38)37(4)26-18(10-11-22(35-26)28(29,30)31)19-13-23(33-15-32-19)40-20-7-5-8-21-25(20)36-27(41-21)34-17(3)39;/h5,7-8,10-11,13,15-16,24H,6,9,12,14H2,1-4H3,(H,34,36,39);1H/t24-;/m0./s1. The number of likely N-dealkylation sites (tertiary alicyclic amines) is 1. The molecule has 1 aliphatic rings. The van der Waals surface area contributed by atoms with Crippen LogP contribution in [0, 0.1) is 5.92 Å². The molecule has 1 aliphatic heterocycles. The third-order valence-corrected chi connectivity index (χ3v) is 7.61. The molecule has 1 N–H and O–H groups in total. The Morgan fingerprint density at radius 1 is 1.21 bits per heavy atom. The number of anilines is 2. The number of rotatable bonds is 8. The summed E-state index contributed by atoms with van der Waals surface area (Å²) in [7, 11) is 1.78. The summed E-state index contributed by atoms with van der Waals surface area (Å²) in [5, 5.41) is 3.12. The van der Waals surface area contributed by atoms with E-state index in [0.717, 1.165) is 36.7 Å². The molecule has 4 heterocycles. The maximum absolute atomic E-state index is 13.7. The van der Waals surface area contributed by atoms with E-state index in [-0.39, 0.29) is 36.2 Å². The van der Waals surface area contributed by atoms with E-state index in [9.17, 15) is 18.0 Å². The number of nitrogens with zero attached hydrogens (tertiary/aromatic N) is 6. The van der Waals surface area contributed by atoms with Gasteiger partial charge in [0.25, 0.3) is 0 Å².